The highest BCUT2D eigenvalue weighted by molar-refractivity contribution is 7.11. The summed E-state index contributed by atoms with van der Waals surface area (Å²) < 4.78 is 1.68. The molecule has 0 atom stereocenters. The molecule has 0 unspecified atom stereocenters. The number of anilines is 1. The van der Waals surface area contributed by atoms with Gasteiger partial charge in [0.2, 0.25) is 0 Å². The van der Waals surface area contributed by atoms with E-state index in [-0.39, 0.29) is 11.5 Å². The Morgan fingerprint density at radius 2 is 1.88 bits per heavy atom. The average molecular weight is 359 g/mol. The fraction of sp³-hybridized carbons (Fsp3) is 0.421. The minimum atomic E-state index is -0.275. The molecule has 0 saturated carbocycles. The van der Waals surface area contributed by atoms with Crippen molar-refractivity contribution in [3.63, 3.8) is 0 Å². The Bertz CT molecular complexity index is 809. The Balaban J connectivity index is 2.34. The van der Waals surface area contributed by atoms with Gasteiger partial charge in [0.15, 0.2) is 4.80 Å². The zero-order chi connectivity index (χ0) is 18.1. The van der Waals surface area contributed by atoms with Crippen LogP contribution in [0.15, 0.2) is 46.2 Å². The Labute approximate surface area is 152 Å². The highest BCUT2D eigenvalue weighted by atomic mass is 32.1. The fourth-order valence-corrected chi connectivity index (χ4v) is 3.21. The maximum Gasteiger partial charge on any atom is 0.266 e. The second-order valence-electron chi connectivity index (χ2n) is 5.79. The summed E-state index contributed by atoms with van der Waals surface area (Å²) in [6.45, 7) is 5.50. The first-order chi connectivity index (χ1) is 12.2. The summed E-state index contributed by atoms with van der Waals surface area (Å²) in [5, 5.41) is 2.82. The molecule has 0 bridgehead atoms. The molecular weight excluding hydrogens is 334 g/mol. The van der Waals surface area contributed by atoms with Crippen LogP contribution >= 0.6 is 11.3 Å². The molecule has 1 N–H and O–H groups in total. The Kier molecular flexibility index (Phi) is 7.60. The lowest BCUT2D eigenvalue weighted by molar-refractivity contribution is 0.103. The lowest BCUT2D eigenvalue weighted by atomic mass is 10.3. The molecule has 0 aliphatic rings. The molecule has 0 spiro atoms. The summed E-state index contributed by atoms with van der Waals surface area (Å²) in [4.78, 5) is 30.5. The predicted octanol–water partition coefficient (Wildman–Crippen LogP) is 3.66. The topological polar surface area (TPSA) is 63.5 Å². The van der Waals surface area contributed by atoms with Crippen molar-refractivity contribution in [3.8, 4) is 0 Å². The van der Waals surface area contributed by atoms with E-state index in [2.05, 4.69) is 24.2 Å². The number of benzene rings is 1. The van der Waals surface area contributed by atoms with Crippen LogP contribution in [0.4, 0.5) is 5.69 Å². The summed E-state index contributed by atoms with van der Waals surface area (Å²) in [5.41, 5.74) is 0.542. The molecule has 0 saturated heterocycles. The van der Waals surface area contributed by atoms with E-state index >= 15 is 0 Å². The normalized spacial score (nSPS) is 11.5. The van der Waals surface area contributed by atoms with E-state index in [0.29, 0.717) is 28.5 Å². The van der Waals surface area contributed by atoms with Crippen LogP contribution in [0.3, 0.4) is 0 Å². The number of hydrogen-bond donors (Lipinski definition) is 1. The van der Waals surface area contributed by atoms with Gasteiger partial charge in [0, 0.05) is 24.8 Å². The zero-order valence-electron chi connectivity index (χ0n) is 14.8. The van der Waals surface area contributed by atoms with Crippen molar-refractivity contribution in [1.82, 2.24) is 4.57 Å². The van der Waals surface area contributed by atoms with Gasteiger partial charge in [-0.05, 0) is 25.0 Å². The number of nitrogens with one attached hydrogen (secondary N) is 1. The van der Waals surface area contributed by atoms with Gasteiger partial charge in [-0.25, -0.2) is 0 Å². The molecular formula is C19H25N3O2S. The summed E-state index contributed by atoms with van der Waals surface area (Å²) in [7, 11) is 0. The molecule has 0 radical (unpaired) electrons. The van der Waals surface area contributed by atoms with Crippen LogP contribution in [0.2, 0.25) is 0 Å². The second kappa shape index (κ2) is 9.93. The van der Waals surface area contributed by atoms with Gasteiger partial charge in [0.25, 0.3) is 11.5 Å². The van der Waals surface area contributed by atoms with E-state index in [4.69, 9.17) is 0 Å². The van der Waals surface area contributed by atoms with Gasteiger partial charge in [0.05, 0.1) is 0 Å². The molecule has 1 aromatic carbocycles. The smallest absolute Gasteiger partial charge is 0.266 e. The monoisotopic (exact) mass is 359 g/mol. The maximum atomic E-state index is 12.5. The van der Waals surface area contributed by atoms with Gasteiger partial charge in [-0.1, -0.05) is 56.2 Å². The summed E-state index contributed by atoms with van der Waals surface area (Å²) in [6, 6.07) is 10.6. The number of para-hydroxylation sites is 1. The largest absolute Gasteiger partial charge is 0.321 e. The lowest BCUT2D eigenvalue weighted by Crippen LogP contribution is -2.33. The zero-order valence-corrected chi connectivity index (χ0v) is 15.6. The average Bonchev–Trinajstić information content (AvgIpc) is 2.62. The number of carbonyl (C=O) groups is 1. The molecule has 0 aliphatic carbocycles. The number of nitrogens with zero attached hydrogens (tertiary/aromatic N) is 2. The van der Waals surface area contributed by atoms with Crippen LogP contribution in [0.1, 0.15) is 49.2 Å². The number of unbranched alkanes of at least 4 members (excludes halogenated alkanes) is 2. The molecule has 5 nitrogen and oxygen atoms in total. The van der Waals surface area contributed by atoms with Crippen molar-refractivity contribution in [1.29, 1.82) is 0 Å². The van der Waals surface area contributed by atoms with Crippen LogP contribution in [0.5, 0.6) is 0 Å². The molecule has 2 rings (SSSR count). The summed E-state index contributed by atoms with van der Waals surface area (Å²) >= 11 is 1.28. The van der Waals surface area contributed by atoms with Crippen LogP contribution in [0.25, 0.3) is 0 Å². The van der Waals surface area contributed by atoms with Crippen LogP contribution in [-0.2, 0) is 6.54 Å². The van der Waals surface area contributed by atoms with E-state index in [1.807, 2.05) is 30.3 Å². The van der Waals surface area contributed by atoms with E-state index in [0.717, 1.165) is 25.7 Å². The van der Waals surface area contributed by atoms with Crippen molar-refractivity contribution in [2.45, 2.75) is 46.1 Å². The van der Waals surface area contributed by atoms with Crippen LogP contribution in [-0.4, -0.2) is 17.0 Å². The van der Waals surface area contributed by atoms with Gasteiger partial charge in [-0.15, -0.1) is 0 Å². The second-order valence-corrected chi connectivity index (χ2v) is 6.80. The molecule has 0 fully saturated rings. The van der Waals surface area contributed by atoms with Gasteiger partial charge in [-0.3, -0.25) is 19.1 Å². The number of aromatic nitrogens is 1. The number of carbonyl (C=O) groups excluding carboxylic acids is 1. The van der Waals surface area contributed by atoms with Gasteiger partial charge in [0.1, 0.15) is 4.88 Å². The van der Waals surface area contributed by atoms with E-state index in [1.54, 1.807) is 4.57 Å². The highest BCUT2D eigenvalue weighted by Gasteiger charge is 2.11. The lowest BCUT2D eigenvalue weighted by Gasteiger charge is -2.08. The SMILES string of the molecule is CCCCN=c1sc(C(=O)Nc2ccccc2)cc(=O)n1CCCC. The van der Waals surface area contributed by atoms with E-state index in [9.17, 15) is 9.59 Å². The third-order valence-electron chi connectivity index (χ3n) is 3.70. The maximum absolute atomic E-state index is 12.5. The van der Waals surface area contributed by atoms with Crippen LogP contribution in [0, 0.1) is 0 Å². The molecule has 1 aromatic heterocycles. The standard InChI is InChI=1S/C19H25N3O2S/c1-3-5-12-20-19-22(13-6-4-2)17(23)14-16(25-19)18(24)21-15-10-8-7-9-11-15/h7-11,14H,3-6,12-13H2,1-2H3,(H,21,24). The van der Waals surface area contributed by atoms with E-state index < -0.39 is 0 Å². The summed E-state index contributed by atoms with van der Waals surface area (Å²) in [6.07, 6.45) is 3.93. The van der Waals surface area contributed by atoms with Gasteiger partial charge < -0.3 is 5.32 Å². The number of hydrogen-bond acceptors (Lipinski definition) is 4. The third kappa shape index (κ3) is 5.67. The van der Waals surface area contributed by atoms with Crippen molar-refractivity contribution < 1.29 is 4.79 Å². The molecule has 2 aromatic rings. The molecule has 1 heterocycles. The minimum absolute atomic E-state index is 0.166. The molecule has 6 heteroatoms. The number of amides is 1. The first-order valence-electron chi connectivity index (χ1n) is 8.77. The highest BCUT2D eigenvalue weighted by Crippen LogP contribution is 2.09. The molecule has 0 aliphatic heterocycles. The quantitative estimate of drug-likeness (QED) is 0.731. The molecule has 25 heavy (non-hydrogen) atoms. The van der Waals surface area contributed by atoms with Crippen LogP contribution < -0.4 is 15.7 Å². The molecule has 134 valence electrons. The van der Waals surface area contributed by atoms with Crippen molar-refractivity contribution in [3.05, 3.63) is 56.4 Å². The first kappa shape index (κ1) is 19.1. The molecule has 1 amide bonds. The summed E-state index contributed by atoms with van der Waals surface area (Å²) in [5.74, 6) is -0.275. The Morgan fingerprint density at radius 1 is 1.16 bits per heavy atom. The van der Waals surface area contributed by atoms with Gasteiger partial charge >= 0.3 is 0 Å². The third-order valence-corrected chi connectivity index (χ3v) is 4.76. The number of rotatable bonds is 8. The van der Waals surface area contributed by atoms with E-state index in [1.165, 1.54) is 17.4 Å². The van der Waals surface area contributed by atoms with Crippen molar-refractivity contribution in [2.75, 3.05) is 11.9 Å². The Hall–Kier alpha value is -2.21. The van der Waals surface area contributed by atoms with Crippen molar-refractivity contribution in [2.24, 2.45) is 4.99 Å². The van der Waals surface area contributed by atoms with Gasteiger partial charge in [-0.2, -0.15) is 0 Å². The minimum Gasteiger partial charge on any atom is -0.321 e. The predicted molar refractivity (Wildman–Crippen MR) is 103 cm³/mol. The Morgan fingerprint density at radius 3 is 2.56 bits per heavy atom. The fourth-order valence-electron chi connectivity index (χ4n) is 2.27. The first-order valence-corrected chi connectivity index (χ1v) is 9.59. The van der Waals surface area contributed by atoms with Crippen molar-refractivity contribution >= 4 is 22.9 Å².